The maximum absolute atomic E-state index is 12.4. The van der Waals surface area contributed by atoms with E-state index in [1.54, 1.807) is 38.3 Å². The highest BCUT2D eigenvalue weighted by Gasteiger charge is 2.38. The van der Waals surface area contributed by atoms with Gasteiger partial charge >= 0.3 is 11.9 Å². The second-order valence-electron chi connectivity index (χ2n) is 4.97. The highest BCUT2D eigenvalue weighted by molar-refractivity contribution is 6.40. The zero-order valence-electron chi connectivity index (χ0n) is 13.2. The predicted octanol–water partition coefficient (Wildman–Crippen LogP) is 1.72. The number of nitrogens with zero attached hydrogens (tertiary/aromatic N) is 1. The molecule has 0 aliphatic heterocycles. The third-order valence-electron chi connectivity index (χ3n) is 3.52. The van der Waals surface area contributed by atoms with Crippen LogP contribution < -0.4 is 0 Å². The minimum Gasteiger partial charge on any atom is -0.465 e. The molecular formula is C17H19NO5. The normalized spacial score (nSPS) is 14.3. The van der Waals surface area contributed by atoms with E-state index >= 15 is 0 Å². The molecule has 1 aromatic heterocycles. The minimum atomic E-state index is -1.31. The van der Waals surface area contributed by atoms with E-state index in [2.05, 4.69) is 4.98 Å². The maximum Gasteiger partial charge on any atom is 0.375 e. The van der Waals surface area contributed by atoms with E-state index in [-0.39, 0.29) is 13.2 Å². The fraction of sp³-hybridized carbons (Fsp3) is 0.412. The standard InChI is InChI=1S/C17H19NO5/c1-3-22-16(20)14(15(19)17(21)23-4-2)12-7-5-9-13-11(12)8-6-10-18-13/h6-8,10,14H,3-5,9H2,1-2H3. The molecule has 2 rings (SSSR count). The summed E-state index contributed by atoms with van der Waals surface area (Å²) < 4.78 is 9.75. The Bertz CT molecular complexity index is 650. The van der Waals surface area contributed by atoms with Crippen molar-refractivity contribution in [3.63, 3.8) is 0 Å². The van der Waals surface area contributed by atoms with Gasteiger partial charge in [-0.15, -0.1) is 0 Å². The number of carbonyl (C=O) groups excluding carboxylic acids is 3. The lowest BCUT2D eigenvalue weighted by Crippen LogP contribution is -2.34. The monoisotopic (exact) mass is 317 g/mol. The van der Waals surface area contributed by atoms with Gasteiger partial charge < -0.3 is 9.47 Å². The van der Waals surface area contributed by atoms with Gasteiger partial charge in [0.2, 0.25) is 0 Å². The molecule has 0 amide bonds. The first-order chi connectivity index (χ1) is 11.1. The van der Waals surface area contributed by atoms with Crippen LogP contribution in [0.25, 0.3) is 5.57 Å². The van der Waals surface area contributed by atoms with Gasteiger partial charge in [-0.1, -0.05) is 12.1 Å². The van der Waals surface area contributed by atoms with E-state index in [1.165, 1.54) is 0 Å². The molecule has 1 aromatic rings. The maximum atomic E-state index is 12.4. The highest BCUT2D eigenvalue weighted by atomic mass is 16.5. The molecule has 1 aliphatic carbocycles. The van der Waals surface area contributed by atoms with Gasteiger partial charge in [0.25, 0.3) is 5.78 Å². The minimum absolute atomic E-state index is 0.0668. The van der Waals surface area contributed by atoms with Crippen LogP contribution in [-0.4, -0.2) is 35.9 Å². The molecule has 1 unspecified atom stereocenters. The smallest absolute Gasteiger partial charge is 0.375 e. The summed E-state index contributed by atoms with van der Waals surface area (Å²) in [6, 6.07) is 3.52. The van der Waals surface area contributed by atoms with Crippen LogP contribution in [0.4, 0.5) is 0 Å². The van der Waals surface area contributed by atoms with Crippen LogP contribution in [0.15, 0.2) is 24.4 Å². The lowest BCUT2D eigenvalue weighted by molar-refractivity contribution is -0.160. The van der Waals surface area contributed by atoms with E-state index in [9.17, 15) is 14.4 Å². The van der Waals surface area contributed by atoms with E-state index in [0.717, 1.165) is 12.1 Å². The number of Topliss-reactive ketones (excluding diaryl/α,β-unsaturated/α-hetero) is 1. The van der Waals surface area contributed by atoms with E-state index in [4.69, 9.17) is 9.47 Å². The molecule has 1 heterocycles. The second-order valence-corrected chi connectivity index (χ2v) is 4.97. The number of carbonyl (C=O) groups is 3. The average Bonchev–Trinajstić information content (AvgIpc) is 2.55. The van der Waals surface area contributed by atoms with Crippen molar-refractivity contribution >= 4 is 23.3 Å². The summed E-state index contributed by atoms with van der Waals surface area (Å²) in [6.07, 6.45) is 4.82. The first-order valence-corrected chi connectivity index (χ1v) is 7.62. The summed E-state index contributed by atoms with van der Waals surface area (Å²) in [6.45, 7) is 3.44. The molecule has 1 aliphatic rings. The molecule has 0 radical (unpaired) electrons. The Hall–Kier alpha value is -2.50. The SMILES string of the molecule is CCOC(=O)C(=O)C(C(=O)OCC)C1=CCCc2ncccc21. The van der Waals surface area contributed by atoms with Crippen molar-refractivity contribution in [2.75, 3.05) is 13.2 Å². The van der Waals surface area contributed by atoms with Crippen LogP contribution in [0.1, 0.15) is 31.5 Å². The molecule has 1 atom stereocenters. The molecule has 0 bridgehead atoms. The van der Waals surface area contributed by atoms with Crippen molar-refractivity contribution in [2.45, 2.75) is 26.7 Å². The van der Waals surface area contributed by atoms with Gasteiger partial charge in [-0.3, -0.25) is 14.6 Å². The molecule has 0 aromatic carbocycles. The molecule has 0 saturated heterocycles. The largest absolute Gasteiger partial charge is 0.465 e. The third kappa shape index (κ3) is 3.64. The number of fused-ring (bicyclic) bond motifs is 1. The van der Waals surface area contributed by atoms with Crippen molar-refractivity contribution < 1.29 is 23.9 Å². The van der Waals surface area contributed by atoms with Gasteiger partial charge in [0.1, 0.15) is 0 Å². The molecule has 6 nitrogen and oxygen atoms in total. The number of aromatic nitrogens is 1. The summed E-state index contributed by atoms with van der Waals surface area (Å²) in [5.41, 5.74) is 1.97. The van der Waals surface area contributed by atoms with E-state index < -0.39 is 23.6 Å². The number of hydrogen-bond donors (Lipinski definition) is 0. The van der Waals surface area contributed by atoms with Crippen molar-refractivity contribution in [1.29, 1.82) is 0 Å². The number of hydrogen-bond acceptors (Lipinski definition) is 6. The van der Waals surface area contributed by atoms with Gasteiger partial charge in [0.15, 0.2) is 5.92 Å². The number of esters is 2. The molecule has 0 saturated carbocycles. The fourth-order valence-electron chi connectivity index (χ4n) is 2.57. The number of ether oxygens (including phenoxy) is 2. The van der Waals surface area contributed by atoms with E-state index in [0.29, 0.717) is 17.6 Å². The van der Waals surface area contributed by atoms with Gasteiger partial charge in [0, 0.05) is 17.5 Å². The highest BCUT2D eigenvalue weighted by Crippen LogP contribution is 2.32. The number of ketones is 1. The lowest BCUT2D eigenvalue weighted by Gasteiger charge is -2.22. The molecular weight excluding hydrogens is 298 g/mol. The average molecular weight is 317 g/mol. The predicted molar refractivity (Wildman–Crippen MR) is 82.3 cm³/mol. The van der Waals surface area contributed by atoms with Gasteiger partial charge in [-0.05, 0) is 38.3 Å². The quantitative estimate of drug-likeness (QED) is 0.451. The van der Waals surface area contributed by atoms with Crippen LogP contribution in [-0.2, 0) is 30.3 Å². The molecule has 6 heteroatoms. The first-order valence-electron chi connectivity index (χ1n) is 7.62. The fourth-order valence-corrected chi connectivity index (χ4v) is 2.57. The molecule has 23 heavy (non-hydrogen) atoms. The van der Waals surface area contributed by atoms with Crippen LogP contribution >= 0.6 is 0 Å². The summed E-state index contributed by atoms with van der Waals surface area (Å²) in [7, 11) is 0. The van der Waals surface area contributed by atoms with Crippen LogP contribution in [0.5, 0.6) is 0 Å². The molecule has 0 N–H and O–H groups in total. The Morgan fingerprint density at radius 3 is 2.65 bits per heavy atom. The van der Waals surface area contributed by atoms with Gasteiger partial charge in [-0.25, -0.2) is 4.79 Å². The van der Waals surface area contributed by atoms with Crippen molar-refractivity contribution in [3.05, 3.63) is 35.7 Å². The van der Waals surface area contributed by atoms with E-state index in [1.807, 2.05) is 0 Å². The second kappa shape index (κ2) is 7.67. The number of allylic oxidation sites excluding steroid dienone is 1. The summed E-state index contributed by atoms with van der Waals surface area (Å²) in [4.78, 5) is 40.8. The van der Waals surface area contributed by atoms with Crippen LogP contribution in [0.2, 0.25) is 0 Å². The Labute approximate surface area is 134 Å². The molecule has 122 valence electrons. The van der Waals surface area contributed by atoms with Crippen molar-refractivity contribution in [1.82, 2.24) is 4.98 Å². The van der Waals surface area contributed by atoms with Gasteiger partial charge in [0.05, 0.1) is 13.2 Å². The Morgan fingerprint density at radius 2 is 1.96 bits per heavy atom. The Kier molecular flexibility index (Phi) is 5.62. The van der Waals surface area contributed by atoms with Crippen molar-refractivity contribution in [3.8, 4) is 0 Å². The number of pyridine rings is 1. The van der Waals surface area contributed by atoms with Crippen LogP contribution in [0, 0.1) is 5.92 Å². The first kappa shape index (κ1) is 16.9. The summed E-state index contributed by atoms with van der Waals surface area (Å²) in [5, 5.41) is 0. The lowest BCUT2D eigenvalue weighted by atomic mass is 9.83. The van der Waals surface area contributed by atoms with Crippen molar-refractivity contribution in [2.24, 2.45) is 5.92 Å². The third-order valence-corrected chi connectivity index (χ3v) is 3.52. The number of aryl methyl sites for hydroxylation is 1. The molecule has 0 fully saturated rings. The molecule has 0 spiro atoms. The summed E-state index contributed by atoms with van der Waals surface area (Å²) >= 11 is 0. The topological polar surface area (TPSA) is 82.6 Å². The zero-order chi connectivity index (χ0) is 16.8. The Balaban J connectivity index is 2.42. The Morgan fingerprint density at radius 1 is 1.22 bits per heavy atom. The van der Waals surface area contributed by atoms with Crippen LogP contribution in [0.3, 0.4) is 0 Å². The summed E-state index contributed by atoms with van der Waals surface area (Å²) in [5.74, 6) is -3.98. The zero-order valence-corrected chi connectivity index (χ0v) is 13.2. The van der Waals surface area contributed by atoms with Gasteiger partial charge in [-0.2, -0.15) is 0 Å². The number of rotatable bonds is 6.